The zero-order chi connectivity index (χ0) is 14.7. The highest BCUT2D eigenvalue weighted by atomic mass is 35.5. The van der Waals surface area contributed by atoms with Crippen molar-refractivity contribution in [3.8, 4) is 5.69 Å². The molecule has 22 heavy (non-hydrogen) atoms. The lowest BCUT2D eigenvalue weighted by Gasteiger charge is -2.11. The number of hydrogen-bond acceptors (Lipinski definition) is 4. The molecule has 2 heterocycles. The van der Waals surface area contributed by atoms with Gasteiger partial charge < -0.3 is 10.6 Å². The van der Waals surface area contributed by atoms with Crippen molar-refractivity contribution < 1.29 is 9.18 Å². The van der Waals surface area contributed by atoms with Gasteiger partial charge in [-0.15, -0.1) is 12.4 Å². The first-order valence-corrected chi connectivity index (χ1v) is 6.90. The minimum Gasteiger partial charge on any atom is -0.326 e. The molecule has 6 nitrogen and oxygen atoms in total. The van der Waals surface area contributed by atoms with Crippen LogP contribution in [0.5, 0.6) is 0 Å². The highest BCUT2D eigenvalue weighted by Gasteiger charge is 2.18. The second-order valence-corrected chi connectivity index (χ2v) is 5.05. The molecule has 1 amide bonds. The van der Waals surface area contributed by atoms with E-state index in [0.29, 0.717) is 17.8 Å². The molecule has 1 atom stereocenters. The van der Waals surface area contributed by atoms with Gasteiger partial charge in [-0.2, -0.15) is 5.10 Å². The van der Waals surface area contributed by atoms with Gasteiger partial charge in [0.05, 0.1) is 0 Å². The lowest BCUT2D eigenvalue weighted by molar-refractivity contribution is -0.116. The van der Waals surface area contributed by atoms with Crippen LogP contribution in [0.15, 0.2) is 30.9 Å². The molecule has 1 aliphatic rings. The Kier molecular flexibility index (Phi) is 5.46. The number of benzene rings is 1. The summed E-state index contributed by atoms with van der Waals surface area (Å²) in [5.41, 5.74) is 0.738. The average Bonchev–Trinajstić information content (AvgIpc) is 3.11. The zero-order valence-electron chi connectivity index (χ0n) is 11.8. The maximum absolute atomic E-state index is 14.0. The van der Waals surface area contributed by atoms with Crippen molar-refractivity contribution in [2.75, 3.05) is 11.9 Å². The molecule has 2 aromatic rings. The zero-order valence-corrected chi connectivity index (χ0v) is 12.6. The fourth-order valence-electron chi connectivity index (χ4n) is 2.47. The Labute approximate surface area is 133 Å². The summed E-state index contributed by atoms with van der Waals surface area (Å²) in [4.78, 5) is 15.7. The quantitative estimate of drug-likeness (QED) is 0.900. The molecule has 0 saturated carbocycles. The van der Waals surface area contributed by atoms with E-state index >= 15 is 0 Å². The molecule has 1 aliphatic heterocycles. The first-order chi connectivity index (χ1) is 10.2. The maximum atomic E-state index is 14.0. The number of hydrogen-bond donors (Lipinski definition) is 2. The van der Waals surface area contributed by atoms with Crippen LogP contribution >= 0.6 is 12.4 Å². The van der Waals surface area contributed by atoms with Crippen LogP contribution in [-0.4, -0.2) is 33.3 Å². The van der Waals surface area contributed by atoms with Crippen LogP contribution in [0.2, 0.25) is 0 Å². The van der Waals surface area contributed by atoms with Crippen LogP contribution in [0.4, 0.5) is 10.1 Å². The molecule has 1 aromatic heterocycles. The third kappa shape index (κ3) is 3.80. The van der Waals surface area contributed by atoms with E-state index in [9.17, 15) is 9.18 Å². The summed E-state index contributed by atoms with van der Waals surface area (Å²) in [7, 11) is 0. The Balaban J connectivity index is 0.00000176. The summed E-state index contributed by atoms with van der Waals surface area (Å²) < 4.78 is 15.4. The summed E-state index contributed by atoms with van der Waals surface area (Å²) in [5, 5.41) is 9.85. The van der Waals surface area contributed by atoms with Gasteiger partial charge in [0.25, 0.3) is 0 Å². The van der Waals surface area contributed by atoms with Crippen LogP contribution in [0.25, 0.3) is 5.69 Å². The topological polar surface area (TPSA) is 71.8 Å². The van der Waals surface area contributed by atoms with E-state index in [0.717, 1.165) is 19.4 Å². The molecule has 1 aromatic carbocycles. The first-order valence-electron chi connectivity index (χ1n) is 6.90. The van der Waals surface area contributed by atoms with Crippen LogP contribution in [0, 0.1) is 5.82 Å². The van der Waals surface area contributed by atoms with Crippen molar-refractivity contribution >= 4 is 24.0 Å². The van der Waals surface area contributed by atoms with Gasteiger partial charge in [-0.1, -0.05) is 0 Å². The van der Waals surface area contributed by atoms with E-state index in [1.54, 1.807) is 12.1 Å². The Morgan fingerprint density at radius 1 is 1.50 bits per heavy atom. The number of anilines is 1. The number of aromatic nitrogens is 3. The van der Waals surface area contributed by atoms with E-state index in [-0.39, 0.29) is 24.4 Å². The van der Waals surface area contributed by atoms with Gasteiger partial charge in [0.15, 0.2) is 5.82 Å². The lowest BCUT2D eigenvalue weighted by atomic mass is 10.1. The number of rotatable bonds is 4. The van der Waals surface area contributed by atoms with Gasteiger partial charge in [-0.05, 0) is 37.6 Å². The molecule has 3 rings (SSSR count). The molecule has 1 saturated heterocycles. The van der Waals surface area contributed by atoms with Crippen molar-refractivity contribution in [2.45, 2.75) is 25.3 Å². The molecule has 0 spiro atoms. The third-order valence-corrected chi connectivity index (χ3v) is 3.49. The minimum atomic E-state index is -0.461. The Hall–Kier alpha value is -1.99. The van der Waals surface area contributed by atoms with Gasteiger partial charge in [0, 0.05) is 18.2 Å². The largest absolute Gasteiger partial charge is 0.326 e. The normalized spacial score (nSPS) is 17.0. The van der Waals surface area contributed by atoms with Gasteiger partial charge in [0.1, 0.15) is 18.3 Å². The molecule has 0 radical (unpaired) electrons. The van der Waals surface area contributed by atoms with Gasteiger partial charge in [-0.3, -0.25) is 4.79 Å². The number of amides is 1. The molecule has 0 bridgehead atoms. The predicted octanol–water partition coefficient (Wildman–Crippen LogP) is 1.91. The highest BCUT2D eigenvalue weighted by molar-refractivity contribution is 5.91. The highest BCUT2D eigenvalue weighted by Crippen LogP contribution is 2.18. The second kappa shape index (κ2) is 7.33. The fourth-order valence-corrected chi connectivity index (χ4v) is 2.47. The SMILES string of the molecule is Cl.O=C(CC1CCCN1)Nc1ccc(-n2cncn2)c(F)c1. The van der Waals surface area contributed by atoms with Gasteiger partial charge >= 0.3 is 0 Å². The molecular weight excluding hydrogens is 309 g/mol. The van der Waals surface area contributed by atoms with Crippen molar-refractivity contribution in [2.24, 2.45) is 0 Å². The maximum Gasteiger partial charge on any atom is 0.225 e. The fraction of sp³-hybridized carbons (Fsp3) is 0.357. The summed E-state index contributed by atoms with van der Waals surface area (Å²) in [6.07, 6.45) is 5.27. The molecule has 0 aliphatic carbocycles. The van der Waals surface area contributed by atoms with Crippen LogP contribution in [0.3, 0.4) is 0 Å². The summed E-state index contributed by atoms with van der Waals surface area (Å²) in [5.74, 6) is -0.570. The summed E-state index contributed by atoms with van der Waals surface area (Å²) in [6, 6.07) is 4.73. The number of nitrogens with zero attached hydrogens (tertiary/aromatic N) is 3. The molecule has 1 unspecified atom stereocenters. The minimum absolute atomic E-state index is 0. The number of carbonyl (C=O) groups is 1. The first kappa shape index (κ1) is 16.4. The molecule has 2 N–H and O–H groups in total. The van der Waals surface area contributed by atoms with Crippen LogP contribution in [-0.2, 0) is 4.79 Å². The standard InChI is InChI=1S/C14H16FN5O.ClH/c15-12-6-11(3-4-13(12)20-9-16-8-18-20)19-14(21)7-10-2-1-5-17-10;/h3-4,6,8-10,17H,1-2,5,7H2,(H,19,21);1H. The van der Waals surface area contributed by atoms with Gasteiger partial charge in [-0.25, -0.2) is 14.1 Å². The van der Waals surface area contributed by atoms with E-state index < -0.39 is 5.82 Å². The van der Waals surface area contributed by atoms with E-state index in [4.69, 9.17) is 0 Å². The summed E-state index contributed by atoms with van der Waals surface area (Å²) >= 11 is 0. The van der Waals surface area contributed by atoms with E-state index in [2.05, 4.69) is 20.7 Å². The number of halogens is 2. The Morgan fingerprint density at radius 2 is 2.36 bits per heavy atom. The monoisotopic (exact) mass is 325 g/mol. The third-order valence-electron chi connectivity index (χ3n) is 3.49. The number of carbonyl (C=O) groups excluding carboxylic acids is 1. The van der Waals surface area contributed by atoms with Crippen LogP contribution in [0.1, 0.15) is 19.3 Å². The van der Waals surface area contributed by atoms with E-state index in [1.807, 2.05) is 0 Å². The van der Waals surface area contributed by atoms with Crippen molar-refractivity contribution in [3.63, 3.8) is 0 Å². The van der Waals surface area contributed by atoms with Gasteiger partial charge in [0.2, 0.25) is 5.91 Å². The van der Waals surface area contributed by atoms with E-state index in [1.165, 1.54) is 23.4 Å². The van der Waals surface area contributed by atoms with Crippen LogP contribution < -0.4 is 10.6 Å². The average molecular weight is 326 g/mol. The van der Waals surface area contributed by atoms with Crippen molar-refractivity contribution in [3.05, 3.63) is 36.7 Å². The predicted molar refractivity (Wildman–Crippen MR) is 82.8 cm³/mol. The molecule has 118 valence electrons. The van der Waals surface area contributed by atoms with Crippen molar-refractivity contribution in [1.82, 2.24) is 20.1 Å². The van der Waals surface area contributed by atoms with Crippen molar-refractivity contribution in [1.29, 1.82) is 0 Å². The Morgan fingerprint density at radius 3 is 3.00 bits per heavy atom. The lowest BCUT2D eigenvalue weighted by Crippen LogP contribution is -2.27. The number of nitrogens with one attached hydrogen (secondary N) is 2. The smallest absolute Gasteiger partial charge is 0.225 e. The Bertz CT molecular complexity index is 628. The second-order valence-electron chi connectivity index (χ2n) is 5.05. The summed E-state index contributed by atoms with van der Waals surface area (Å²) in [6.45, 7) is 0.958. The molecule has 8 heteroatoms. The molecule has 1 fully saturated rings. The molecular formula is C14H17ClFN5O.